The van der Waals surface area contributed by atoms with Gasteiger partial charge < -0.3 is 14.8 Å². The highest BCUT2D eigenvalue weighted by Crippen LogP contribution is 2.28. The number of hydrogen-bond donors (Lipinski definition) is 1. The van der Waals surface area contributed by atoms with E-state index in [-0.39, 0.29) is 18.2 Å². The molecule has 0 spiro atoms. The summed E-state index contributed by atoms with van der Waals surface area (Å²) in [6.07, 6.45) is 0. The maximum absolute atomic E-state index is 12.3. The molecule has 144 valence electrons. The summed E-state index contributed by atoms with van der Waals surface area (Å²) < 4.78 is 10.4. The van der Waals surface area contributed by atoms with Crippen LogP contribution in [0.1, 0.15) is 21.6 Å². The predicted octanol–water partition coefficient (Wildman–Crippen LogP) is 4.31. The average Bonchev–Trinajstić information content (AvgIpc) is 2.64. The van der Waals surface area contributed by atoms with Gasteiger partial charge in [0.25, 0.3) is 5.91 Å². The van der Waals surface area contributed by atoms with Crippen LogP contribution in [-0.4, -0.2) is 30.6 Å². The second-order valence-corrected chi connectivity index (χ2v) is 6.81. The number of hydrogen-bond acceptors (Lipinski definition) is 5. The summed E-state index contributed by atoms with van der Waals surface area (Å²) in [5, 5.41) is 3.89. The molecule has 0 atom stereocenters. The fraction of sp³-hybridized carbons (Fsp3) is 0.190. The topological polar surface area (TPSA) is 77.5 Å². The lowest BCUT2D eigenvalue weighted by atomic mass is 10.1. The first kappa shape index (κ1) is 19.6. The first-order chi connectivity index (χ1) is 13.4. The molecule has 2 aromatic carbocycles. The Balaban J connectivity index is 1.83. The number of amides is 1. The maximum atomic E-state index is 12.3. The molecular formula is C21H19ClN2O4. The van der Waals surface area contributed by atoms with E-state index in [9.17, 15) is 9.59 Å². The standard InChI is InChI=1S/C21H19ClN2O4/c1-12-6-13(2)8-15(7-12)23-20(25)11-28-19-10-18(21(26)27-3)24-17-5-4-14(22)9-16(17)19/h4-10H,11H2,1-3H3,(H,23,25). The summed E-state index contributed by atoms with van der Waals surface area (Å²) >= 11 is 6.07. The van der Waals surface area contributed by atoms with Crippen LogP contribution in [0.25, 0.3) is 10.9 Å². The van der Waals surface area contributed by atoms with Gasteiger partial charge in [-0.05, 0) is 55.3 Å². The van der Waals surface area contributed by atoms with Crippen LogP contribution in [0, 0.1) is 13.8 Å². The van der Waals surface area contributed by atoms with Crippen LogP contribution in [0.3, 0.4) is 0 Å². The van der Waals surface area contributed by atoms with Crippen LogP contribution in [0.2, 0.25) is 5.02 Å². The van der Waals surface area contributed by atoms with Gasteiger partial charge in [0, 0.05) is 22.2 Å². The highest BCUT2D eigenvalue weighted by molar-refractivity contribution is 6.31. The second kappa shape index (κ2) is 8.27. The fourth-order valence-corrected chi connectivity index (χ4v) is 3.05. The van der Waals surface area contributed by atoms with Gasteiger partial charge in [-0.3, -0.25) is 4.79 Å². The molecule has 3 rings (SSSR count). The molecule has 7 heteroatoms. The van der Waals surface area contributed by atoms with E-state index >= 15 is 0 Å². The average molecular weight is 399 g/mol. The van der Waals surface area contributed by atoms with Crippen molar-refractivity contribution < 1.29 is 19.1 Å². The Hall–Kier alpha value is -3.12. The summed E-state index contributed by atoms with van der Waals surface area (Å²) in [5.74, 6) is -0.596. The molecule has 6 nitrogen and oxygen atoms in total. The number of methoxy groups -OCH3 is 1. The molecule has 1 amide bonds. The monoisotopic (exact) mass is 398 g/mol. The van der Waals surface area contributed by atoms with E-state index in [0.29, 0.717) is 27.4 Å². The molecule has 0 fully saturated rings. The summed E-state index contributed by atoms with van der Waals surface area (Å²) in [5.41, 5.74) is 3.39. The quantitative estimate of drug-likeness (QED) is 0.648. The predicted molar refractivity (Wildman–Crippen MR) is 108 cm³/mol. The molecule has 0 aliphatic carbocycles. The lowest BCUT2D eigenvalue weighted by molar-refractivity contribution is -0.118. The van der Waals surface area contributed by atoms with E-state index in [4.69, 9.17) is 21.1 Å². The Labute approximate surface area is 167 Å². The zero-order valence-corrected chi connectivity index (χ0v) is 16.5. The number of carbonyl (C=O) groups excluding carboxylic acids is 2. The van der Waals surface area contributed by atoms with Crippen molar-refractivity contribution in [1.29, 1.82) is 0 Å². The number of aromatic nitrogens is 1. The zero-order chi connectivity index (χ0) is 20.3. The van der Waals surface area contributed by atoms with E-state index in [1.807, 2.05) is 32.0 Å². The molecule has 1 heterocycles. The Kier molecular flexibility index (Phi) is 5.80. The smallest absolute Gasteiger partial charge is 0.356 e. The lowest BCUT2D eigenvalue weighted by Gasteiger charge is -2.12. The van der Waals surface area contributed by atoms with E-state index < -0.39 is 5.97 Å². The first-order valence-corrected chi connectivity index (χ1v) is 8.93. The molecule has 0 aliphatic heterocycles. The molecule has 3 aromatic rings. The van der Waals surface area contributed by atoms with Crippen molar-refractivity contribution in [2.24, 2.45) is 0 Å². The summed E-state index contributed by atoms with van der Waals surface area (Å²) in [7, 11) is 1.27. The third kappa shape index (κ3) is 4.58. The number of aryl methyl sites for hydroxylation is 2. The third-order valence-corrected chi connectivity index (χ3v) is 4.23. The number of nitrogens with one attached hydrogen (secondary N) is 1. The zero-order valence-electron chi connectivity index (χ0n) is 15.7. The Morgan fingerprint density at radius 1 is 1.07 bits per heavy atom. The molecule has 0 bridgehead atoms. The number of benzene rings is 2. The SMILES string of the molecule is COC(=O)c1cc(OCC(=O)Nc2cc(C)cc(C)c2)c2cc(Cl)ccc2n1. The normalized spacial score (nSPS) is 10.6. The van der Waals surface area contributed by atoms with E-state index in [2.05, 4.69) is 10.3 Å². The van der Waals surface area contributed by atoms with E-state index in [0.717, 1.165) is 11.1 Å². The molecule has 0 aliphatic rings. The van der Waals surface area contributed by atoms with Gasteiger partial charge in [0.05, 0.1) is 12.6 Å². The number of anilines is 1. The Bertz CT molecular complexity index is 1050. The molecule has 0 radical (unpaired) electrons. The molecule has 28 heavy (non-hydrogen) atoms. The highest BCUT2D eigenvalue weighted by atomic mass is 35.5. The molecule has 0 saturated heterocycles. The minimum absolute atomic E-state index is 0.0852. The summed E-state index contributed by atoms with van der Waals surface area (Å²) in [4.78, 5) is 28.4. The van der Waals surface area contributed by atoms with Crippen molar-refractivity contribution in [2.45, 2.75) is 13.8 Å². The number of carbonyl (C=O) groups is 2. The van der Waals surface area contributed by atoms with Crippen LogP contribution >= 0.6 is 11.6 Å². The van der Waals surface area contributed by atoms with Crippen molar-refractivity contribution in [1.82, 2.24) is 4.98 Å². The minimum atomic E-state index is -0.596. The highest BCUT2D eigenvalue weighted by Gasteiger charge is 2.15. The van der Waals surface area contributed by atoms with Gasteiger partial charge >= 0.3 is 5.97 Å². The van der Waals surface area contributed by atoms with Crippen LogP contribution in [0.15, 0.2) is 42.5 Å². The number of rotatable bonds is 5. The van der Waals surface area contributed by atoms with Gasteiger partial charge in [-0.15, -0.1) is 0 Å². The summed E-state index contributed by atoms with van der Waals surface area (Å²) in [6.45, 7) is 3.68. The van der Waals surface area contributed by atoms with Gasteiger partial charge in [-0.25, -0.2) is 9.78 Å². The number of nitrogens with zero attached hydrogens (tertiary/aromatic N) is 1. The van der Waals surface area contributed by atoms with Crippen molar-refractivity contribution in [3.05, 3.63) is 64.3 Å². The number of halogens is 1. The van der Waals surface area contributed by atoms with Gasteiger partial charge in [-0.1, -0.05) is 17.7 Å². The lowest BCUT2D eigenvalue weighted by Crippen LogP contribution is -2.20. The van der Waals surface area contributed by atoms with Crippen molar-refractivity contribution in [3.63, 3.8) is 0 Å². The van der Waals surface area contributed by atoms with Crippen LogP contribution < -0.4 is 10.1 Å². The van der Waals surface area contributed by atoms with Gasteiger partial charge in [-0.2, -0.15) is 0 Å². The third-order valence-electron chi connectivity index (χ3n) is 3.99. The van der Waals surface area contributed by atoms with E-state index in [1.54, 1.807) is 18.2 Å². The molecule has 0 unspecified atom stereocenters. The second-order valence-electron chi connectivity index (χ2n) is 6.37. The summed E-state index contributed by atoms with van der Waals surface area (Å²) in [6, 6.07) is 12.2. The number of ether oxygens (including phenoxy) is 2. The molecule has 1 aromatic heterocycles. The van der Waals surface area contributed by atoms with Crippen LogP contribution in [0.5, 0.6) is 5.75 Å². The minimum Gasteiger partial charge on any atom is -0.483 e. The number of fused-ring (bicyclic) bond motifs is 1. The van der Waals surface area contributed by atoms with Crippen molar-refractivity contribution in [3.8, 4) is 5.75 Å². The maximum Gasteiger partial charge on any atom is 0.356 e. The van der Waals surface area contributed by atoms with Gasteiger partial charge in [0.1, 0.15) is 5.75 Å². The largest absolute Gasteiger partial charge is 0.483 e. The van der Waals surface area contributed by atoms with Gasteiger partial charge in [0.15, 0.2) is 12.3 Å². The number of pyridine rings is 1. The van der Waals surface area contributed by atoms with Crippen molar-refractivity contribution in [2.75, 3.05) is 19.0 Å². The van der Waals surface area contributed by atoms with E-state index in [1.165, 1.54) is 13.2 Å². The van der Waals surface area contributed by atoms with Crippen molar-refractivity contribution >= 4 is 40.1 Å². The Morgan fingerprint density at radius 2 is 1.79 bits per heavy atom. The fourth-order valence-electron chi connectivity index (χ4n) is 2.88. The van der Waals surface area contributed by atoms with Crippen LogP contribution in [0.4, 0.5) is 5.69 Å². The van der Waals surface area contributed by atoms with Crippen LogP contribution in [-0.2, 0) is 9.53 Å². The van der Waals surface area contributed by atoms with Gasteiger partial charge in [0.2, 0.25) is 0 Å². The Morgan fingerprint density at radius 3 is 2.46 bits per heavy atom. The molecule has 0 saturated carbocycles. The molecular weight excluding hydrogens is 380 g/mol. The number of esters is 1. The molecule has 1 N–H and O–H groups in total. The first-order valence-electron chi connectivity index (χ1n) is 8.55.